The smallest absolute Gasteiger partial charge is 0.0596 e. The van der Waals surface area contributed by atoms with Gasteiger partial charge in [-0.05, 0) is 31.7 Å². The van der Waals surface area contributed by atoms with Crippen LogP contribution in [-0.2, 0) is 13.5 Å². The fourth-order valence-electron chi connectivity index (χ4n) is 1.37. The van der Waals surface area contributed by atoms with E-state index in [0.717, 1.165) is 23.4 Å². The molecule has 1 atom stereocenters. The van der Waals surface area contributed by atoms with E-state index in [0.29, 0.717) is 0 Å². The quantitative estimate of drug-likeness (QED) is 0.746. The van der Waals surface area contributed by atoms with E-state index in [2.05, 4.69) is 34.0 Å². The Balaban J connectivity index is 2.49. The lowest BCUT2D eigenvalue weighted by Crippen LogP contribution is -2.02. The highest BCUT2D eigenvalue weighted by Gasteiger charge is 2.04. The first kappa shape index (κ1) is 10.8. The lowest BCUT2D eigenvalue weighted by Gasteiger charge is -2.06. The van der Waals surface area contributed by atoms with Crippen LogP contribution in [-0.4, -0.2) is 15.1 Å². The van der Waals surface area contributed by atoms with E-state index in [1.54, 1.807) is 0 Å². The summed E-state index contributed by atoms with van der Waals surface area (Å²) in [6.45, 7) is 4.30. The van der Waals surface area contributed by atoms with E-state index >= 15 is 0 Å². The topological polar surface area (TPSA) is 17.8 Å². The van der Waals surface area contributed by atoms with Crippen molar-refractivity contribution in [2.45, 2.75) is 26.7 Å². The predicted octanol–water partition coefficient (Wildman–Crippen LogP) is 2.69. The predicted molar refractivity (Wildman–Crippen MR) is 59.2 cm³/mol. The molecule has 0 spiro atoms. The Labute approximate surface area is 88.5 Å². The fourth-order valence-corrected chi connectivity index (χ4v) is 1.69. The molecule has 3 heteroatoms. The van der Waals surface area contributed by atoms with E-state index in [-0.39, 0.29) is 0 Å². The van der Waals surface area contributed by atoms with Crippen molar-refractivity contribution >= 4 is 15.9 Å². The Hall–Kier alpha value is -0.310. The standard InChI is InChI=1S/C10H17BrN2/c1-8(7-11)4-5-10-6-9(2)12-13(10)3/h6,8H,4-5,7H2,1-3H3. The Bertz CT molecular complexity index is 268. The molecule has 1 unspecified atom stereocenters. The Morgan fingerprint density at radius 3 is 2.77 bits per heavy atom. The van der Waals surface area contributed by atoms with Crippen LogP contribution in [0.4, 0.5) is 0 Å². The summed E-state index contributed by atoms with van der Waals surface area (Å²) < 4.78 is 1.98. The second-order valence-corrected chi connectivity index (χ2v) is 4.35. The molecular weight excluding hydrogens is 228 g/mol. The Kier molecular flexibility index (Phi) is 3.97. The highest BCUT2D eigenvalue weighted by atomic mass is 79.9. The lowest BCUT2D eigenvalue weighted by atomic mass is 10.1. The highest BCUT2D eigenvalue weighted by Crippen LogP contribution is 2.11. The summed E-state index contributed by atoms with van der Waals surface area (Å²) in [7, 11) is 2.02. The van der Waals surface area contributed by atoms with Crippen molar-refractivity contribution in [3.63, 3.8) is 0 Å². The number of aryl methyl sites for hydroxylation is 3. The summed E-state index contributed by atoms with van der Waals surface area (Å²) in [6, 6.07) is 2.17. The van der Waals surface area contributed by atoms with E-state index < -0.39 is 0 Å². The third-order valence-corrected chi connectivity index (χ3v) is 3.36. The van der Waals surface area contributed by atoms with Gasteiger partial charge >= 0.3 is 0 Å². The molecule has 0 saturated carbocycles. The van der Waals surface area contributed by atoms with E-state index in [4.69, 9.17) is 0 Å². The molecule has 2 nitrogen and oxygen atoms in total. The zero-order valence-corrected chi connectivity index (χ0v) is 10.1. The molecule has 0 N–H and O–H groups in total. The van der Waals surface area contributed by atoms with E-state index in [1.807, 2.05) is 18.7 Å². The van der Waals surface area contributed by atoms with Gasteiger partial charge in [0.2, 0.25) is 0 Å². The normalized spacial score (nSPS) is 13.2. The molecular formula is C10H17BrN2. The molecule has 1 aromatic rings. The molecule has 13 heavy (non-hydrogen) atoms. The SMILES string of the molecule is Cc1cc(CCC(C)CBr)n(C)n1. The van der Waals surface area contributed by atoms with Crippen LogP contribution in [0.3, 0.4) is 0 Å². The minimum atomic E-state index is 0.746. The van der Waals surface area contributed by atoms with Crippen LogP contribution in [0.5, 0.6) is 0 Å². The summed E-state index contributed by atoms with van der Waals surface area (Å²) in [6.07, 6.45) is 2.36. The largest absolute Gasteiger partial charge is 0.272 e. The minimum absolute atomic E-state index is 0.746. The van der Waals surface area contributed by atoms with Gasteiger partial charge in [-0.3, -0.25) is 4.68 Å². The highest BCUT2D eigenvalue weighted by molar-refractivity contribution is 9.09. The summed E-state index contributed by atoms with van der Waals surface area (Å²) in [5.74, 6) is 0.746. The maximum absolute atomic E-state index is 4.32. The number of aromatic nitrogens is 2. The lowest BCUT2D eigenvalue weighted by molar-refractivity contribution is 0.575. The van der Waals surface area contributed by atoms with Crippen LogP contribution < -0.4 is 0 Å². The van der Waals surface area contributed by atoms with Crippen molar-refractivity contribution in [2.24, 2.45) is 13.0 Å². The second-order valence-electron chi connectivity index (χ2n) is 3.70. The van der Waals surface area contributed by atoms with Gasteiger partial charge in [-0.15, -0.1) is 0 Å². The van der Waals surface area contributed by atoms with Crippen molar-refractivity contribution in [2.75, 3.05) is 5.33 Å². The average molecular weight is 245 g/mol. The Morgan fingerprint density at radius 2 is 2.31 bits per heavy atom. The number of hydrogen-bond acceptors (Lipinski definition) is 1. The van der Waals surface area contributed by atoms with Crippen molar-refractivity contribution < 1.29 is 0 Å². The third-order valence-electron chi connectivity index (χ3n) is 2.26. The van der Waals surface area contributed by atoms with Gasteiger partial charge in [0.05, 0.1) is 5.69 Å². The number of halogens is 1. The molecule has 0 aromatic carbocycles. The molecule has 0 aliphatic carbocycles. The van der Waals surface area contributed by atoms with Gasteiger partial charge in [-0.2, -0.15) is 5.10 Å². The first-order chi connectivity index (χ1) is 6.13. The summed E-state index contributed by atoms with van der Waals surface area (Å²) >= 11 is 3.49. The van der Waals surface area contributed by atoms with Crippen molar-refractivity contribution in [1.29, 1.82) is 0 Å². The zero-order valence-electron chi connectivity index (χ0n) is 8.55. The van der Waals surface area contributed by atoms with Crippen molar-refractivity contribution in [3.8, 4) is 0 Å². The van der Waals surface area contributed by atoms with E-state index in [1.165, 1.54) is 12.1 Å². The van der Waals surface area contributed by atoms with Crippen LogP contribution in [0.25, 0.3) is 0 Å². The van der Waals surface area contributed by atoms with Crippen LogP contribution in [0.1, 0.15) is 24.7 Å². The molecule has 0 bridgehead atoms. The van der Waals surface area contributed by atoms with Crippen LogP contribution >= 0.6 is 15.9 Å². The first-order valence-corrected chi connectivity index (χ1v) is 5.81. The second kappa shape index (κ2) is 4.80. The van der Waals surface area contributed by atoms with Gasteiger partial charge in [0.1, 0.15) is 0 Å². The summed E-state index contributed by atoms with van der Waals surface area (Å²) in [4.78, 5) is 0. The minimum Gasteiger partial charge on any atom is -0.272 e. The first-order valence-electron chi connectivity index (χ1n) is 4.69. The number of alkyl halides is 1. The molecule has 1 aromatic heterocycles. The molecule has 74 valence electrons. The molecule has 0 saturated heterocycles. The maximum atomic E-state index is 4.32. The molecule has 0 aliphatic rings. The summed E-state index contributed by atoms with van der Waals surface area (Å²) in [5, 5.41) is 5.41. The molecule has 1 heterocycles. The maximum Gasteiger partial charge on any atom is 0.0596 e. The van der Waals surface area contributed by atoms with Crippen molar-refractivity contribution in [3.05, 3.63) is 17.5 Å². The number of hydrogen-bond donors (Lipinski definition) is 0. The third kappa shape index (κ3) is 3.14. The van der Waals surface area contributed by atoms with Gasteiger partial charge in [-0.25, -0.2) is 0 Å². The van der Waals surface area contributed by atoms with Gasteiger partial charge in [0.15, 0.2) is 0 Å². The molecule has 0 radical (unpaired) electrons. The molecule has 0 fully saturated rings. The van der Waals surface area contributed by atoms with Gasteiger partial charge < -0.3 is 0 Å². The van der Waals surface area contributed by atoms with Gasteiger partial charge in [0, 0.05) is 18.1 Å². The fraction of sp³-hybridized carbons (Fsp3) is 0.700. The molecule has 0 aliphatic heterocycles. The number of rotatable bonds is 4. The van der Waals surface area contributed by atoms with Gasteiger partial charge in [-0.1, -0.05) is 22.9 Å². The molecule has 1 rings (SSSR count). The Morgan fingerprint density at radius 1 is 1.62 bits per heavy atom. The van der Waals surface area contributed by atoms with Crippen LogP contribution in [0.15, 0.2) is 6.07 Å². The average Bonchev–Trinajstić information content (AvgIpc) is 2.41. The van der Waals surface area contributed by atoms with Crippen LogP contribution in [0, 0.1) is 12.8 Å². The van der Waals surface area contributed by atoms with Gasteiger partial charge in [0.25, 0.3) is 0 Å². The van der Waals surface area contributed by atoms with E-state index in [9.17, 15) is 0 Å². The van der Waals surface area contributed by atoms with Crippen molar-refractivity contribution in [1.82, 2.24) is 9.78 Å². The monoisotopic (exact) mass is 244 g/mol. The van der Waals surface area contributed by atoms with Crippen LogP contribution in [0.2, 0.25) is 0 Å². The number of nitrogens with zero attached hydrogens (tertiary/aromatic N) is 2. The summed E-state index contributed by atoms with van der Waals surface area (Å²) in [5.41, 5.74) is 2.45. The molecule has 0 amide bonds. The zero-order chi connectivity index (χ0) is 9.84.